The van der Waals surface area contributed by atoms with Crippen molar-refractivity contribution in [1.29, 1.82) is 0 Å². The summed E-state index contributed by atoms with van der Waals surface area (Å²) >= 11 is 0. The fourth-order valence-corrected chi connectivity index (χ4v) is 2.29. The lowest BCUT2D eigenvalue weighted by atomic mass is 10.3. The van der Waals surface area contributed by atoms with E-state index in [-0.39, 0.29) is 0 Å². The van der Waals surface area contributed by atoms with Gasteiger partial charge in [0.25, 0.3) is 0 Å². The molecule has 5 nitrogen and oxygen atoms in total. The van der Waals surface area contributed by atoms with Gasteiger partial charge in [-0.3, -0.25) is 0 Å². The largest absolute Gasteiger partial charge is 0.497 e. The van der Waals surface area contributed by atoms with E-state index in [1.54, 1.807) is 7.11 Å². The maximum atomic E-state index is 5.24. The smallest absolute Gasteiger partial charge is 0.121 e. The zero-order chi connectivity index (χ0) is 13.1. The van der Waals surface area contributed by atoms with Crippen molar-refractivity contribution in [3.05, 3.63) is 36.7 Å². The minimum atomic E-state index is 0.844. The first-order chi connectivity index (χ1) is 9.36. The van der Waals surface area contributed by atoms with Gasteiger partial charge in [-0.05, 0) is 12.1 Å². The van der Waals surface area contributed by atoms with Crippen molar-refractivity contribution in [3.8, 4) is 11.4 Å². The summed E-state index contributed by atoms with van der Waals surface area (Å²) in [6, 6.07) is 7.91. The number of piperazine rings is 1. The number of hydrogen-bond acceptors (Lipinski definition) is 4. The van der Waals surface area contributed by atoms with Crippen molar-refractivity contribution in [2.75, 3.05) is 38.2 Å². The van der Waals surface area contributed by atoms with E-state index in [1.807, 2.05) is 35.1 Å². The Kier molecular flexibility index (Phi) is 3.37. The molecular formula is C14H18N4O. The summed E-state index contributed by atoms with van der Waals surface area (Å²) in [6.07, 6.45) is 3.99. The minimum absolute atomic E-state index is 0.844. The predicted molar refractivity (Wildman–Crippen MR) is 75.2 cm³/mol. The molecule has 0 aliphatic carbocycles. The van der Waals surface area contributed by atoms with E-state index in [0.717, 1.165) is 37.6 Å². The van der Waals surface area contributed by atoms with E-state index >= 15 is 0 Å². The zero-order valence-corrected chi connectivity index (χ0v) is 11.0. The van der Waals surface area contributed by atoms with E-state index in [1.165, 1.54) is 5.69 Å². The molecule has 0 radical (unpaired) electrons. The van der Waals surface area contributed by atoms with Crippen molar-refractivity contribution < 1.29 is 4.74 Å². The molecule has 3 rings (SSSR count). The maximum absolute atomic E-state index is 5.24. The molecule has 0 unspecified atom stereocenters. The van der Waals surface area contributed by atoms with Gasteiger partial charge in [-0.2, -0.15) is 5.10 Å². The summed E-state index contributed by atoms with van der Waals surface area (Å²) < 4.78 is 7.13. The standard InChI is InChI=1S/C14H18N4O/c1-19-14-4-2-3-12(9-14)18-11-13(10-16-18)17-7-5-15-6-8-17/h2-4,9-11,15H,5-8H2,1H3. The molecule has 1 N–H and O–H groups in total. The zero-order valence-electron chi connectivity index (χ0n) is 11.0. The lowest BCUT2D eigenvalue weighted by molar-refractivity contribution is 0.414. The Bertz CT molecular complexity index is 546. The number of nitrogens with zero attached hydrogens (tertiary/aromatic N) is 3. The van der Waals surface area contributed by atoms with Crippen LogP contribution in [-0.4, -0.2) is 43.1 Å². The van der Waals surface area contributed by atoms with Crippen molar-refractivity contribution in [3.63, 3.8) is 0 Å². The molecular weight excluding hydrogens is 240 g/mol. The Morgan fingerprint density at radius 3 is 2.84 bits per heavy atom. The van der Waals surface area contributed by atoms with Crippen molar-refractivity contribution in [2.45, 2.75) is 0 Å². The van der Waals surface area contributed by atoms with Crippen molar-refractivity contribution >= 4 is 5.69 Å². The van der Waals surface area contributed by atoms with E-state index in [2.05, 4.69) is 21.5 Å². The predicted octanol–water partition coefficient (Wildman–Crippen LogP) is 1.29. The molecule has 1 fully saturated rings. The van der Waals surface area contributed by atoms with E-state index < -0.39 is 0 Å². The Morgan fingerprint density at radius 2 is 2.05 bits per heavy atom. The molecule has 0 saturated carbocycles. The maximum Gasteiger partial charge on any atom is 0.121 e. The molecule has 19 heavy (non-hydrogen) atoms. The molecule has 1 aliphatic heterocycles. The minimum Gasteiger partial charge on any atom is -0.497 e. The Morgan fingerprint density at radius 1 is 1.21 bits per heavy atom. The number of aromatic nitrogens is 2. The molecule has 1 aromatic heterocycles. The first-order valence-electron chi connectivity index (χ1n) is 6.51. The van der Waals surface area contributed by atoms with Gasteiger partial charge in [-0.25, -0.2) is 4.68 Å². The van der Waals surface area contributed by atoms with Crippen LogP contribution in [0.15, 0.2) is 36.7 Å². The summed E-state index contributed by atoms with van der Waals surface area (Å²) in [4.78, 5) is 2.35. The fourth-order valence-electron chi connectivity index (χ4n) is 2.29. The van der Waals surface area contributed by atoms with Gasteiger partial charge < -0.3 is 15.0 Å². The molecule has 1 aliphatic rings. The van der Waals surface area contributed by atoms with Crippen LogP contribution in [-0.2, 0) is 0 Å². The average Bonchev–Trinajstić information content (AvgIpc) is 2.98. The Balaban J connectivity index is 1.83. The van der Waals surface area contributed by atoms with E-state index in [9.17, 15) is 0 Å². The van der Waals surface area contributed by atoms with Crippen LogP contribution in [0.25, 0.3) is 5.69 Å². The number of anilines is 1. The van der Waals surface area contributed by atoms with Crippen LogP contribution in [0.4, 0.5) is 5.69 Å². The normalized spacial score (nSPS) is 15.5. The molecule has 100 valence electrons. The monoisotopic (exact) mass is 258 g/mol. The third kappa shape index (κ3) is 2.56. The van der Waals surface area contributed by atoms with Gasteiger partial charge in [-0.15, -0.1) is 0 Å². The van der Waals surface area contributed by atoms with Gasteiger partial charge in [0.1, 0.15) is 5.75 Å². The van der Waals surface area contributed by atoms with Crippen molar-refractivity contribution in [2.24, 2.45) is 0 Å². The molecule has 0 bridgehead atoms. The number of nitrogens with one attached hydrogen (secondary N) is 1. The van der Waals surface area contributed by atoms with E-state index in [4.69, 9.17) is 4.74 Å². The van der Waals surface area contributed by atoms with Gasteiger partial charge >= 0.3 is 0 Å². The Labute approximate surface area is 112 Å². The third-order valence-electron chi connectivity index (χ3n) is 3.37. The van der Waals surface area contributed by atoms with Crippen LogP contribution >= 0.6 is 0 Å². The lowest BCUT2D eigenvalue weighted by Crippen LogP contribution is -2.43. The summed E-state index contributed by atoms with van der Waals surface area (Å²) in [7, 11) is 1.67. The number of benzene rings is 1. The Hall–Kier alpha value is -2.01. The topological polar surface area (TPSA) is 42.3 Å². The molecule has 2 aromatic rings. The molecule has 1 saturated heterocycles. The van der Waals surface area contributed by atoms with Crippen LogP contribution in [0.3, 0.4) is 0 Å². The van der Waals surface area contributed by atoms with Gasteiger partial charge in [0, 0.05) is 32.2 Å². The van der Waals surface area contributed by atoms with Gasteiger partial charge in [0.15, 0.2) is 0 Å². The summed E-state index contributed by atoms with van der Waals surface area (Å²) in [5.74, 6) is 0.844. The third-order valence-corrected chi connectivity index (χ3v) is 3.37. The molecule has 2 heterocycles. The summed E-state index contributed by atoms with van der Waals surface area (Å²) in [5, 5.41) is 7.79. The lowest BCUT2D eigenvalue weighted by Gasteiger charge is -2.27. The highest BCUT2D eigenvalue weighted by Gasteiger charge is 2.12. The quantitative estimate of drug-likeness (QED) is 0.901. The van der Waals surface area contributed by atoms with Crippen LogP contribution < -0.4 is 15.0 Å². The van der Waals surface area contributed by atoms with E-state index in [0.29, 0.717) is 0 Å². The number of methoxy groups -OCH3 is 1. The van der Waals surface area contributed by atoms with Crippen LogP contribution in [0.1, 0.15) is 0 Å². The van der Waals surface area contributed by atoms with Crippen LogP contribution in [0, 0.1) is 0 Å². The second-order valence-corrected chi connectivity index (χ2v) is 4.58. The summed E-state index contributed by atoms with van der Waals surface area (Å²) in [5.41, 5.74) is 2.19. The SMILES string of the molecule is COc1cccc(-n2cc(N3CCNCC3)cn2)c1. The van der Waals surface area contributed by atoms with Crippen LogP contribution in [0.5, 0.6) is 5.75 Å². The highest BCUT2D eigenvalue weighted by Crippen LogP contribution is 2.19. The first kappa shape index (κ1) is 12.0. The highest BCUT2D eigenvalue weighted by atomic mass is 16.5. The van der Waals surface area contributed by atoms with Gasteiger partial charge in [0.2, 0.25) is 0 Å². The molecule has 1 aromatic carbocycles. The molecule has 0 spiro atoms. The highest BCUT2D eigenvalue weighted by molar-refractivity contribution is 5.47. The second kappa shape index (κ2) is 5.32. The molecule has 0 atom stereocenters. The van der Waals surface area contributed by atoms with Gasteiger partial charge in [-0.1, -0.05) is 6.07 Å². The fraction of sp³-hybridized carbons (Fsp3) is 0.357. The van der Waals surface area contributed by atoms with Crippen molar-refractivity contribution in [1.82, 2.24) is 15.1 Å². The molecule has 5 heteroatoms. The van der Waals surface area contributed by atoms with Gasteiger partial charge in [0.05, 0.1) is 30.9 Å². The summed E-state index contributed by atoms with van der Waals surface area (Å²) in [6.45, 7) is 4.13. The number of hydrogen-bond donors (Lipinski definition) is 1. The first-order valence-corrected chi connectivity index (χ1v) is 6.51. The number of ether oxygens (including phenoxy) is 1. The molecule has 0 amide bonds. The number of rotatable bonds is 3. The second-order valence-electron chi connectivity index (χ2n) is 4.58. The average molecular weight is 258 g/mol. The van der Waals surface area contributed by atoms with Crippen LogP contribution in [0.2, 0.25) is 0 Å².